The van der Waals surface area contributed by atoms with E-state index in [9.17, 15) is 14.9 Å². The summed E-state index contributed by atoms with van der Waals surface area (Å²) in [6.45, 7) is 1.98. The molecule has 0 aliphatic carbocycles. The summed E-state index contributed by atoms with van der Waals surface area (Å²) < 4.78 is 0. The molecule has 0 radical (unpaired) electrons. The van der Waals surface area contributed by atoms with Crippen LogP contribution in [-0.4, -0.2) is 27.0 Å². The molecule has 1 rings (SSSR count). The van der Waals surface area contributed by atoms with Crippen molar-refractivity contribution < 1.29 is 14.8 Å². The van der Waals surface area contributed by atoms with Crippen molar-refractivity contribution in [3.63, 3.8) is 0 Å². The zero-order valence-electron chi connectivity index (χ0n) is 10.00. The first-order chi connectivity index (χ1) is 8.54. The molecule has 0 spiro atoms. The maximum atomic E-state index is 11.0. The third kappa shape index (κ3) is 4.00. The molecule has 7 nitrogen and oxygen atoms in total. The van der Waals surface area contributed by atoms with Gasteiger partial charge < -0.3 is 10.4 Å². The normalized spacial score (nSPS) is 11.8. The summed E-state index contributed by atoms with van der Waals surface area (Å²) in [6, 6.07) is 1.97. The van der Waals surface area contributed by atoms with Crippen molar-refractivity contribution in [2.24, 2.45) is 0 Å². The van der Waals surface area contributed by atoms with Gasteiger partial charge in [-0.25, -0.2) is 9.78 Å². The van der Waals surface area contributed by atoms with E-state index in [4.69, 9.17) is 5.11 Å². The van der Waals surface area contributed by atoms with Gasteiger partial charge in [0, 0.05) is 6.07 Å². The fourth-order valence-electron chi connectivity index (χ4n) is 1.42. The number of aliphatic carboxylic acids is 1. The van der Waals surface area contributed by atoms with Crippen LogP contribution in [-0.2, 0) is 4.79 Å². The number of nitro groups is 1. The summed E-state index contributed by atoms with van der Waals surface area (Å²) in [5, 5.41) is 22.2. The summed E-state index contributed by atoms with van der Waals surface area (Å²) in [4.78, 5) is 24.7. The lowest BCUT2D eigenvalue weighted by atomic mass is 10.1. The summed E-state index contributed by atoms with van der Waals surface area (Å²) >= 11 is 0. The van der Waals surface area contributed by atoms with Gasteiger partial charge in [-0.2, -0.15) is 0 Å². The number of nitrogens with zero attached hydrogens (tertiary/aromatic N) is 2. The highest BCUT2D eigenvalue weighted by atomic mass is 16.6. The Morgan fingerprint density at radius 1 is 1.61 bits per heavy atom. The van der Waals surface area contributed by atoms with Crippen LogP contribution in [0.2, 0.25) is 0 Å². The molecule has 7 heteroatoms. The Morgan fingerprint density at radius 3 is 2.78 bits per heavy atom. The standard InChI is InChI=1S/C11H15N3O4/c1-2-3-4-9(11(15)16)13-10-6-5-8(7-12-10)14(17)18/h5-7,9H,2-4H2,1H3,(H,12,13)(H,15,16). The molecule has 0 saturated carbocycles. The number of hydrogen-bond donors (Lipinski definition) is 2. The molecule has 0 saturated heterocycles. The van der Waals surface area contributed by atoms with Crippen LogP contribution in [0.15, 0.2) is 18.3 Å². The first kappa shape index (κ1) is 13.9. The predicted molar refractivity (Wildman–Crippen MR) is 65.5 cm³/mol. The van der Waals surface area contributed by atoms with Gasteiger partial charge in [0.25, 0.3) is 5.69 Å². The smallest absolute Gasteiger partial charge is 0.326 e. The highest BCUT2D eigenvalue weighted by Crippen LogP contribution is 2.14. The van der Waals surface area contributed by atoms with Crippen molar-refractivity contribution in [3.8, 4) is 0 Å². The average molecular weight is 253 g/mol. The van der Waals surface area contributed by atoms with Gasteiger partial charge in [-0.3, -0.25) is 10.1 Å². The van der Waals surface area contributed by atoms with E-state index in [0.29, 0.717) is 12.2 Å². The Hall–Kier alpha value is -2.18. The first-order valence-corrected chi connectivity index (χ1v) is 5.64. The minimum atomic E-state index is -0.955. The number of pyridine rings is 1. The lowest BCUT2D eigenvalue weighted by Crippen LogP contribution is -2.29. The van der Waals surface area contributed by atoms with Gasteiger partial charge in [-0.05, 0) is 12.5 Å². The molecule has 0 aliphatic heterocycles. The molecule has 18 heavy (non-hydrogen) atoms. The number of nitrogens with one attached hydrogen (secondary N) is 1. The molecule has 0 bridgehead atoms. The summed E-state index contributed by atoms with van der Waals surface area (Å²) in [6.07, 6.45) is 3.28. The van der Waals surface area contributed by atoms with Gasteiger partial charge in [0.05, 0.1) is 4.92 Å². The SMILES string of the molecule is CCCCC(Nc1ccc([N+](=O)[O-])cn1)C(=O)O. The predicted octanol–water partition coefficient (Wildman–Crippen LogP) is 2.05. The van der Waals surface area contributed by atoms with Crippen LogP contribution in [0.3, 0.4) is 0 Å². The highest BCUT2D eigenvalue weighted by Gasteiger charge is 2.17. The number of unbranched alkanes of at least 4 members (excludes halogenated alkanes) is 1. The number of carboxylic acid groups (broad SMARTS) is 1. The molecule has 0 aromatic carbocycles. The van der Waals surface area contributed by atoms with Gasteiger partial charge in [0.1, 0.15) is 18.1 Å². The summed E-state index contributed by atoms with van der Waals surface area (Å²) in [5.74, 6) is -0.632. The quantitative estimate of drug-likeness (QED) is 0.569. The Balaban J connectivity index is 2.68. The van der Waals surface area contributed by atoms with Crippen molar-refractivity contribution in [1.29, 1.82) is 0 Å². The van der Waals surface area contributed by atoms with E-state index in [-0.39, 0.29) is 5.69 Å². The number of aromatic nitrogens is 1. The Kier molecular flexibility index (Phi) is 5.04. The fourth-order valence-corrected chi connectivity index (χ4v) is 1.42. The fraction of sp³-hybridized carbons (Fsp3) is 0.455. The van der Waals surface area contributed by atoms with E-state index in [0.717, 1.165) is 19.0 Å². The van der Waals surface area contributed by atoms with Crippen LogP contribution in [0.1, 0.15) is 26.2 Å². The third-order valence-electron chi connectivity index (χ3n) is 2.43. The van der Waals surface area contributed by atoms with E-state index in [1.807, 2.05) is 6.92 Å². The zero-order valence-corrected chi connectivity index (χ0v) is 10.00. The van der Waals surface area contributed by atoms with E-state index in [1.165, 1.54) is 12.1 Å². The average Bonchev–Trinajstić information content (AvgIpc) is 2.34. The molecule has 98 valence electrons. The van der Waals surface area contributed by atoms with Crippen molar-refractivity contribution in [3.05, 3.63) is 28.4 Å². The largest absolute Gasteiger partial charge is 0.480 e. The molecule has 1 aromatic heterocycles. The highest BCUT2D eigenvalue weighted by molar-refractivity contribution is 5.76. The molecule has 0 amide bonds. The zero-order chi connectivity index (χ0) is 13.5. The van der Waals surface area contributed by atoms with Crippen LogP contribution in [0.25, 0.3) is 0 Å². The molecule has 1 heterocycles. The second kappa shape index (κ2) is 6.53. The van der Waals surface area contributed by atoms with Gasteiger partial charge in [0.2, 0.25) is 0 Å². The van der Waals surface area contributed by atoms with E-state index in [1.54, 1.807) is 0 Å². The monoisotopic (exact) mass is 253 g/mol. The molecular formula is C11H15N3O4. The van der Waals surface area contributed by atoms with Crippen molar-refractivity contribution in [1.82, 2.24) is 4.98 Å². The van der Waals surface area contributed by atoms with Crippen LogP contribution < -0.4 is 5.32 Å². The molecule has 1 atom stereocenters. The Morgan fingerprint density at radius 2 is 2.33 bits per heavy atom. The lowest BCUT2D eigenvalue weighted by Gasteiger charge is -2.14. The summed E-state index contributed by atoms with van der Waals surface area (Å²) in [7, 11) is 0. The van der Waals surface area contributed by atoms with Crippen LogP contribution in [0, 0.1) is 10.1 Å². The minimum absolute atomic E-state index is 0.124. The molecule has 1 unspecified atom stereocenters. The van der Waals surface area contributed by atoms with E-state index in [2.05, 4.69) is 10.3 Å². The first-order valence-electron chi connectivity index (χ1n) is 5.64. The van der Waals surface area contributed by atoms with Gasteiger partial charge in [-0.15, -0.1) is 0 Å². The maximum Gasteiger partial charge on any atom is 0.326 e. The molecule has 0 fully saturated rings. The molecule has 0 aliphatic rings. The van der Waals surface area contributed by atoms with Crippen LogP contribution in [0.5, 0.6) is 0 Å². The maximum absolute atomic E-state index is 11.0. The van der Waals surface area contributed by atoms with Crippen molar-refractivity contribution in [2.75, 3.05) is 5.32 Å². The Bertz CT molecular complexity index is 419. The van der Waals surface area contributed by atoms with Gasteiger partial charge >= 0.3 is 5.97 Å². The number of rotatable bonds is 7. The second-order valence-corrected chi connectivity index (χ2v) is 3.84. The summed E-state index contributed by atoms with van der Waals surface area (Å²) in [5.41, 5.74) is -0.124. The second-order valence-electron chi connectivity index (χ2n) is 3.84. The van der Waals surface area contributed by atoms with E-state index < -0.39 is 16.9 Å². The minimum Gasteiger partial charge on any atom is -0.480 e. The van der Waals surface area contributed by atoms with Crippen molar-refractivity contribution in [2.45, 2.75) is 32.2 Å². The molecular weight excluding hydrogens is 238 g/mol. The number of carbonyl (C=O) groups is 1. The van der Waals surface area contributed by atoms with Crippen molar-refractivity contribution >= 4 is 17.5 Å². The number of anilines is 1. The lowest BCUT2D eigenvalue weighted by molar-refractivity contribution is -0.385. The van der Waals surface area contributed by atoms with E-state index >= 15 is 0 Å². The number of hydrogen-bond acceptors (Lipinski definition) is 5. The van der Waals surface area contributed by atoms with Crippen LogP contribution in [0.4, 0.5) is 11.5 Å². The van der Waals surface area contributed by atoms with Crippen LogP contribution >= 0.6 is 0 Å². The van der Waals surface area contributed by atoms with Gasteiger partial charge in [0.15, 0.2) is 0 Å². The molecule has 2 N–H and O–H groups in total. The third-order valence-corrected chi connectivity index (χ3v) is 2.43. The Labute approximate surface area is 104 Å². The number of carboxylic acids is 1. The molecule has 1 aromatic rings. The topological polar surface area (TPSA) is 105 Å². The van der Waals surface area contributed by atoms with Gasteiger partial charge in [-0.1, -0.05) is 19.8 Å².